The monoisotopic (exact) mass is 298 g/mol. The van der Waals surface area contributed by atoms with E-state index in [4.69, 9.17) is 4.74 Å². The second-order valence-corrected chi connectivity index (χ2v) is 6.31. The van der Waals surface area contributed by atoms with Crippen molar-refractivity contribution >= 4 is 0 Å². The van der Waals surface area contributed by atoms with Gasteiger partial charge in [0.15, 0.2) is 0 Å². The summed E-state index contributed by atoms with van der Waals surface area (Å²) in [5, 5.41) is 10.3. The summed E-state index contributed by atoms with van der Waals surface area (Å²) in [7, 11) is 0. The Balaban J connectivity index is 2.21. The van der Waals surface area contributed by atoms with E-state index in [-0.39, 0.29) is 6.61 Å². The Morgan fingerprint density at radius 2 is 1.36 bits per heavy atom. The fourth-order valence-electron chi connectivity index (χ4n) is 2.58. The number of ether oxygens (including phenoxy) is 1. The zero-order valence-corrected chi connectivity index (χ0v) is 13.9. The molecule has 2 heteroatoms. The third kappa shape index (κ3) is 3.89. The number of hydrogen-bond donors (Lipinski definition) is 1. The van der Waals surface area contributed by atoms with Crippen LogP contribution in [0.1, 0.15) is 62.3 Å². The molecule has 0 amide bonds. The molecule has 1 N–H and O–H groups in total. The third-order valence-electron chi connectivity index (χ3n) is 3.89. The normalized spacial score (nSPS) is 12.7. The van der Waals surface area contributed by atoms with Gasteiger partial charge in [-0.25, -0.2) is 0 Å². The van der Waals surface area contributed by atoms with Crippen molar-refractivity contribution in [2.75, 3.05) is 6.61 Å². The molecule has 0 saturated carbocycles. The lowest BCUT2D eigenvalue weighted by Gasteiger charge is -2.21. The lowest BCUT2D eigenvalue weighted by atomic mass is 9.94. The van der Waals surface area contributed by atoms with E-state index in [0.29, 0.717) is 11.8 Å². The predicted molar refractivity (Wildman–Crippen MR) is 91.5 cm³/mol. The van der Waals surface area contributed by atoms with Gasteiger partial charge in [-0.15, -0.1) is 0 Å². The molecule has 0 heterocycles. The molecule has 0 aliphatic carbocycles. The highest BCUT2D eigenvalue weighted by Crippen LogP contribution is 2.35. The van der Waals surface area contributed by atoms with Crippen LogP contribution in [0, 0.1) is 0 Å². The van der Waals surface area contributed by atoms with Crippen LogP contribution in [0.5, 0.6) is 5.75 Å². The van der Waals surface area contributed by atoms with Crippen molar-refractivity contribution in [3.05, 3.63) is 65.2 Å². The molecule has 0 fully saturated rings. The maximum Gasteiger partial charge on any atom is 0.126 e. The van der Waals surface area contributed by atoms with E-state index in [0.717, 1.165) is 11.3 Å². The predicted octanol–water partition coefficient (Wildman–Crippen LogP) is 5.05. The molecule has 0 saturated heterocycles. The van der Waals surface area contributed by atoms with E-state index in [1.807, 2.05) is 30.3 Å². The van der Waals surface area contributed by atoms with Crippen LogP contribution in [-0.4, -0.2) is 11.7 Å². The van der Waals surface area contributed by atoms with Crippen molar-refractivity contribution in [3.8, 4) is 5.75 Å². The molecule has 1 atom stereocenters. The molecule has 0 spiro atoms. The Morgan fingerprint density at radius 1 is 0.818 bits per heavy atom. The summed E-state index contributed by atoms with van der Waals surface area (Å²) in [6, 6.07) is 16.0. The van der Waals surface area contributed by atoms with Crippen LogP contribution in [0.4, 0.5) is 0 Å². The summed E-state index contributed by atoms with van der Waals surface area (Å²) in [6.07, 6.45) is -0.610. The van der Waals surface area contributed by atoms with Gasteiger partial charge in [0.25, 0.3) is 0 Å². The Hall–Kier alpha value is -1.80. The Kier molecular flexibility index (Phi) is 5.62. The molecule has 0 aliphatic heterocycles. The zero-order chi connectivity index (χ0) is 16.1. The van der Waals surface area contributed by atoms with Crippen molar-refractivity contribution in [1.29, 1.82) is 0 Å². The van der Waals surface area contributed by atoms with Gasteiger partial charge < -0.3 is 9.84 Å². The zero-order valence-electron chi connectivity index (χ0n) is 13.9. The lowest BCUT2D eigenvalue weighted by Crippen LogP contribution is -2.12. The van der Waals surface area contributed by atoms with Crippen molar-refractivity contribution in [2.24, 2.45) is 0 Å². The second kappa shape index (κ2) is 7.46. The van der Waals surface area contributed by atoms with Crippen LogP contribution in [0.3, 0.4) is 0 Å². The standard InChI is InChI=1S/C20H26O2/c1-14(2)17-11-8-12-18(15(3)4)20(17)22-13-19(21)16-9-6-5-7-10-16/h5-12,14-15,19,21H,13H2,1-4H3. The minimum absolute atomic E-state index is 0.271. The number of hydrogen-bond acceptors (Lipinski definition) is 2. The Bertz CT molecular complexity index is 562. The highest BCUT2D eigenvalue weighted by atomic mass is 16.5. The smallest absolute Gasteiger partial charge is 0.126 e. The van der Waals surface area contributed by atoms with Gasteiger partial charge in [0.05, 0.1) is 0 Å². The lowest BCUT2D eigenvalue weighted by molar-refractivity contribution is 0.107. The summed E-state index contributed by atoms with van der Waals surface area (Å²) in [4.78, 5) is 0. The number of aliphatic hydroxyl groups is 1. The van der Waals surface area contributed by atoms with E-state index in [1.54, 1.807) is 0 Å². The van der Waals surface area contributed by atoms with Gasteiger partial charge >= 0.3 is 0 Å². The van der Waals surface area contributed by atoms with Crippen LogP contribution in [0.15, 0.2) is 48.5 Å². The van der Waals surface area contributed by atoms with Gasteiger partial charge in [-0.2, -0.15) is 0 Å². The van der Waals surface area contributed by atoms with E-state index >= 15 is 0 Å². The molecule has 0 aliphatic rings. The number of rotatable bonds is 6. The molecule has 118 valence electrons. The van der Waals surface area contributed by atoms with Crippen molar-refractivity contribution in [2.45, 2.75) is 45.6 Å². The summed E-state index contributed by atoms with van der Waals surface area (Å²) in [5.74, 6) is 1.72. The SMILES string of the molecule is CC(C)c1cccc(C(C)C)c1OCC(O)c1ccccc1. The molecule has 1 unspecified atom stereocenters. The molecule has 0 bridgehead atoms. The maximum absolute atomic E-state index is 10.3. The molecule has 22 heavy (non-hydrogen) atoms. The van der Waals surface area contributed by atoms with Crippen molar-refractivity contribution in [1.82, 2.24) is 0 Å². The van der Waals surface area contributed by atoms with Crippen molar-refractivity contribution in [3.63, 3.8) is 0 Å². The quantitative estimate of drug-likeness (QED) is 0.809. The molecule has 2 nitrogen and oxygen atoms in total. The first-order valence-corrected chi connectivity index (χ1v) is 7.99. The first kappa shape index (κ1) is 16.6. The van der Waals surface area contributed by atoms with Crippen LogP contribution in [0.2, 0.25) is 0 Å². The van der Waals surface area contributed by atoms with E-state index in [2.05, 4.69) is 45.9 Å². The number of para-hydroxylation sites is 1. The van der Waals surface area contributed by atoms with Crippen LogP contribution < -0.4 is 4.74 Å². The molecule has 2 rings (SSSR count). The maximum atomic E-state index is 10.3. The average Bonchev–Trinajstić information content (AvgIpc) is 2.52. The minimum atomic E-state index is -0.610. The third-order valence-corrected chi connectivity index (χ3v) is 3.89. The molecule has 0 aromatic heterocycles. The largest absolute Gasteiger partial charge is 0.490 e. The fraction of sp³-hybridized carbons (Fsp3) is 0.400. The van der Waals surface area contributed by atoms with Gasteiger partial charge in [0.2, 0.25) is 0 Å². The van der Waals surface area contributed by atoms with Gasteiger partial charge in [-0.05, 0) is 28.5 Å². The summed E-state index contributed by atoms with van der Waals surface area (Å²) in [5.41, 5.74) is 3.29. The van der Waals surface area contributed by atoms with Crippen LogP contribution in [-0.2, 0) is 0 Å². The Labute approximate surface area is 133 Å². The average molecular weight is 298 g/mol. The molecule has 0 radical (unpaired) electrons. The van der Waals surface area contributed by atoms with Gasteiger partial charge in [-0.3, -0.25) is 0 Å². The summed E-state index contributed by atoms with van der Waals surface area (Å²) in [6.45, 7) is 8.94. The highest BCUT2D eigenvalue weighted by Gasteiger charge is 2.16. The van der Waals surface area contributed by atoms with Crippen LogP contribution >= 0.6 is 0 Å². The van der Waals surface area contributed by atoms with Crippen LogP contribution in [0.25, 0.3) is 0 Å². The van der Waals surface area contributed by atoms with E-state index in [9.17, 15) is 5.11 Å². The topological polar surface area (TPSA) is 29.5 Å². The minimum Gasteiger partial charge on any atom is -0.490 e. The second-order valence-electron chi connectivity index (χ2n) is 6.31. The number of benzene rings is 2. The fourth-order valence-corrected chi connectivity index (χ4v) is 2.58. The molecule has 2 aromatic carbocycles. The highest BCUT2D eigenvalue weighted by molar-refractivity contribution is 5.45. The summed E-state index contributed by atoms with van der Waals surface area (Å²) >= 11 is 0. The van der Waals surface area contributed by atoms with E-state index in [1.165, 1.54) is 11.1 Å². The molecular weight excluding hydrogens is 272 g/mol. The van der Waals surface area contributed by atoms with Gasteiger partial charge in [0, 0.05) is 0 Å². The first-order valence-electron chi connectivity index (χ1n) is 7.99. The Morgan fingerprint density at radius 3 is 1.86 bits per heavy atom. The molecule has 2 aromatic rings. The van der Waals surface area contributed by atoms with Crippen molar-refractivity contribution < 1.29 is 9.84 Å². The summed E-state index contributed by atoms with van der Waals surface area (Å²) < 4.78 is 6.06. The first-order chi connectivity index (χ1) is 10.5. The molecular formula is C20H26O2. The van der Waals surface area contributed by atoms with E-state index < -0.39 is 6.10 Å². The number of aliphatic hydroxyl groups excluding tert-OH is 1. The van der Waals surface area contributed by atoms with Gasteiger partial charge in [0.1, 0.15) is 18.5 Å². The van der Waals surface area contributed by atoms with Gasteiger partial charge in [-0.1, -0.05) is 76.2 Å².